The van der Waals surface area contributed by atoms with Gasteiger partial charge in [-0.1, -0.05) is 23.7 Å². The molecule has 16 heavy (non-hydrogen) atoms. The number of aliphatic hydroxyl groups is 1. The van der Waals surface area contributed by atoms with Crippen LogP contribution in [-0.4, -0.2) is 5.11 Å². The number of thiophene rings is 1. The zero-order valence-corrected chi connectivity index (χ0v) is 10.8. The molecule has 1 unspecified atom stereocenters. The molecule has 1 nitrogen and oxygen atoms in total. The van der Waals surface area contributed by atoms with Crippen molar-refractivity contribution in [2.75, 3.05) is 0 Å². The van der Waals surface area contributed by atoms with Gasteiger partial charge in [0, 0.05) is 9.90 Å². The summed E-state index contributed by atoms with van der Waals surface area (Å²) < 4.78 is 0. The van der Waals surface area contributed by atoms with Crippen LogP contribution in [0.2, 0.25) is 5.02 Å². The summed E-state index contributed by atoms with van der Waals surface area (Å²) in [4.78, 5) is 1.14. The second kappa shape index (κ2) is 4.58. The van der Waals surface area contributed by atoms with Crippen LogP contribution in [0.4, 0.5) is 0 Å². The van der Waals surface area contributed by atoms with Crippen molar-refractivity contribution in [3.05, 3.63) is 56.2 Å². The SMILES string of the molecule is Cc1ccc(C(O)c2ccsc2C)cc1Cl. The summed E-state index contributed by atoms with van der Waals surface area (Å²) in [6, 6.07) is 7.64. The Hall–Kier alpha value is -0.830. The second-order valence-corrected chi connectivity index (χ2v) is 5.37. The first-order valence-electron chi connectivity index (χ1n) is 5.07. The zero-order chi connectivity index (χ0) is 11.7. The Kier molecular flexibility index (Phi) is 3.33. The van der Waals surface area contributed by atoms with Gasteiger partial charge in [-0.25, -0.2) is 0 Å². The van der Waals surface area contributed by atoms with Crippen molar-refractivity contribution in [1.29, 1.82) is 0 Å². The summed E-state index contributed by atoms with van der Waals surface area (Å²) in [6.45, 7) is 3.97. The molecule has 0 bridgehead atoms. The summed E-state index contributed by atoms with van der Waals surface area (Å²) >= 11 is 7.69. The maximum absolute atomic E-state index is 10.2. The van der Waals surface area contributed by atoms with E-state index in [9.17, 15) is 5.11 Å². The van der Waals surface area contributed by atoms with Crippen LogP contribution in [0.5, 0.6) is 0 Å². The second-order valence-electron chi connectivity index (χ2n) is 3.84. The van der Waals surface area contributed by atoms with E-state index in [0.29, 0.717) is 5.02 Å². The maximum atomic E-state index is 10.2. The molecule has 0 spiro atoms. The molecule has 1 N–H and O–H groups in total. The lowest BCUT2D eigenvalue weighted by molar-refractivity contribution is 0.220. The highest BCUT2D eigenvalue weighted by molar-refractivity contribution is 7.10. The van der Waals surface area contributed by atoms with Gasteiger partial charge in [0.15, 0.2) is 0 Å². The third kappa shape index (κ3) is 2.14. The van der Waals surface area contributed by atoms with Gasteiger partial charge >= 0.3 is 0 Å². The molecular weight excluding hydrogens is 240 g/mol. The minimum Gasteiger partial charge on any atom is -0.384 e. The monoisotopic (exact) mass is 252 g/mol. The molecule has 0 saturated carbocycles. The third-order valence-corrected chi connectivity index (χ3v) is 3.97. The Bertz CT molecular complexity index is 504. The Morgan fingerprint density at radius 3 is 2.56 bits per heavy atom. The van der Waals surface area contributed by atoms with E-state index in [2.05, 4.69) is 0 Å². The molecule has 0 aliphatic rings. The lowest BCUT2D eigenvalue weighted by Gasteiger charge is -2.12. The standard InChI is InChI=1S/C13H13ClOS/c1-8-3-4-10(7-12(8)14)13(15)11-5-6-16-9(11)2/h3-7,13,15H,1-2H3. The molecule has 0 fully saturated rings. The number of aliphatic hydroxyl groups excluding tert-OH is 1. The van der Waals surface area contributed by atoms with Crippen LogP contribution in [0, 0.1) is 13.8 Å². The van der Waals surface area contributed by atoms with Crippen LogP contribution in [0.25, 0.3) is 0 Å². The van der Waals surface area contributed by atoms with E-state index in [1.807, 2.05) is 43.5 Å². The van der Waals surface area contributed by atoms with Gasteiger partial charge in [-0.15, -0.1) is 11.3 Å². The van der Waals surface area contributed by atoms with Crippen LogP contribution in [0.15, 0.2) is 29.6 Å². The van der Waals surface area contributed by atoms with E-state index in [1.165, 1.54) is 0 Å². The summed E-state index contributed by atoms with van der Waals surface area (Å²) in [5, 5.41) is 12.9. The summed E-state index contributed by atoms with van der Waals surface area (Å²) in [5.74, 6) is 0. The van der Waals surface area contributed by atoms with Crippen LogP contribution < -0.4 is 0 Å². The fourth-order valence-corrected chi connectivity index (χ4v) is 2.56. The van der Waals surface area contributed by atoms with Crippen LogP contribution in [-0.2, 0) is 0 Å². The van der Waals surface area contributed by atoms with Crippen LogP contribution >= 0.6 is 22.9 Å². The van der Waals surface area contributed by atoms with Gasteiger partial charge in [0.1, 0.15) is 6.10 Å². The Morgan fingerprint density at radius 1 is 1.25 bits per heavy atom. The van der Waals surface area contributed by atoms with Crippen molar-refractivity contribution in [2.24, 2.45) is 0 Å². The Balaban J connectivity index is 2.38. The number of halogens is 1. The minimum atomic E-state index is -0.579. The van der Waals surface area contributed by atoms with Gasteiger partial charge in [0.25, 0.3) is 0 Å². The maximum Gasteiger partial charge on any atom is 0.105 e. The number of rotatable bonds is 2. The first kappa shape index (κ1) is 11.6. The Labute approximate surface area is 104 Å². The molecule has 1 atom stereocenters. The van der Waals surface area contributed by atoms with E-state index >= 15 is 0 Å². The molecular formula is C13H13ClOS. The molecule has 2 aromatic rings. The number of hydrogen-bond acceptors (Lipinski definition) is 2. The minimum absolute atomic E-state index is 0.579. The topological polar surface area (TPSA) is 20.2 Å². The zero-order valence-electron chi connectivity index (χ0n) is 9.20. The number of aryl methyl sites for hydroxylation is 2. The summed E-state index contributed by atoms with van der Waals surface area (Å²) in [6.07, 6.45) is -0.579. The van der Waals surface area contributed by atoms with Gasteiger partial charge in [0.05, 0.1) is 0 Å². The van der Waals surface area contributed by atoms with Gasteiger partial charge in [-0.05, 0) is 48.1 Å². The third-order valence-electron chi connectivity index (χ3n) is 2.71. The van der Waals surface area contributed by atoms with Crippen LogP contribution in [0.1, 0.15) is 27.7 Å². The first-order chi connectivity index (χ1) is 7.59. The van der Waals surface area contributed by atoms with Crippen molar-refractivity contribution >= 4 is 22.9 Å². The predicted octanol–water partition coefficient (Wildman–Crippen LogP) is 4.10. The summed E-state index contributed by atoms with van der Waals surface area (Å²) in [5.41, 5.74) is 2.83. The van der Waals surface area contributed by atoms with Crippen molar-refractivity contribution in [1.82, 2.24) is 0 Å². The van der Waals surface area contributed by atoms with Crippen molar-refractivity contribution in [2.45, 2.75) is 20.0 Å². The Morgan fingerprint density at radius 2 is 2.00 bits per heavy atom. The van der Waals surface area contributed by atoms with Crippen molar-refractivity contribution < 1.29 is 5.11 Å². The fraction of sp³-hybridized carbons (Fsp3) is 0.231. The van der Waals surface area contributed by atoms with E-state index in [0.717, 1.165) is 21.6 Å². The number of benzene rings is 1. The van der Waals surface area contributed by atoms with Gasteiger partial charge in [-0.3, -0.25) is 0 Å². The highest BCUT2D eigenvalue weighted by Gasteiger charge is 2.14. The van der Waals surface area contributed by atoms with Gasteiger partial charge in [-0.2, -0.15) is 0 Å². The first-order valence-corrected chi connectivity index (χ1v) is 6.33. The molecule has 1 aromatic carbocycles. The average Bonchev–Trinajstić information content (AvgIpc) is 2.67. The highest BCUT2D eigenvalue weighted by atomic mass is 35.5. The highest BCUT2D eigenvalue weighted by Crippen LogP contribution is 2.30. The molecule has 0 radical (unpaired) electrons. The smallest absolute Gasteiger partial charge is 0.105 e. The quantitative estimate of drug-likeness (QED) is 0.853. The molecule has 1 heterocycles. The average molecular weight is 253 g/mol. The molecule has 0 saturated heterocycles. The van der Waals surface area contributed by atoms with E-state index in [-0.39, 0.29) is 0 Å². The predicted molar refractivity (Wildman–Crippen MR) is 69.3 cm³/mol. The molecule has 1 aromatic heterocycles. The molecule has 0 aliphatic carbocycles. The fourth-order valence-electron chi connectivity index (χ4n) is 1.64. The molecule has 0 amide bonds. The van der Waals surface area contributed by atoms with Crippen molar-refractivity contribution in [3.8, 4) is 0 Å². The lowest BCUT2D eigenvalue weighted by Crippen LogP contribution is -1.99. The van der Waals surface area contributed by atoms with Crippen LogP contribution in [0.3, 0.4) is 0 Å². The molecule has 0 aliphatic heterocycles. The summed E-state index contributed by atoms with van der Waals surface area (Å²) in [7, 11) is 0. The van der Waals surface area contributed by atoms with Gasteiger partial charge < -0.3 is 5.11 Å². The van der Waals surface area contributed by atoms with E-state index < -0.39 is 6.10 Å². The molecule has 3 heteroatoms. The van der Waals surface area contributed by atoms with Gasteiger partial charge in [0.2, 0.25) is 0 Å². The van der Waals surface area contributed by atoms with E-state index in [1.54, 1.807) is 11.3 Å². The lowest BCUT2D eigenvalue weighted by atomic mass is 10.0. The molecule has 84 valence electrons. The van der Waals surface area contributed by atoms with Crippen molar-refractivity contribution in [3.63, 3.8) is 0 Å². The van der Waals surface area contributed by atoms with E-state index in [4.69, 9.17) is 11.6 Å². The normalized spacial score (nSPS) is 12.8. The molecule has 2 rings (SSSR count). The largest absolute Gasteiger partial charge is 0.384 e. The number of hydrogen-bond donors (Lipinski definition) is 1.